The van der Waals surface area contributed by atoms with Crippen LogP contribution in [0.15, 0.2) is 24.4 Å². The Morgan fingerprint density at radius 1 is 1.47 bits per heavy atom. The zero-order chi connectivity index (χ0) is 12.3. The Morgan fingerprint density at radius 2 is 2.29 bits per heavy atom. The van der Waals surface area contributed by atoms with Crippen molar-refractivity contribution < 1.29 is 4.74 Å². The van der Waals surface area contributed by atoms with Gasteiger partial charge in [-0.1, -0.05) is 16.8 Å². The smallest absolute Gasteiger partial charge is 0.124 e. The molecule has 0 saturated carbocycles. The van der Waals surface area contributed by atoms with Crippen LogP contribution in [0, 0.1) is 0 Å². The van der Waals surface area contributed by atoms with Gasteiger partial charge in [0, 0.05) is 17.1 Å². The van der Waals surface area contributed by atoms with Crippen LogP contribution in [-0.2, 0) is 13.1 Å². The van der Waals surface area contributed by atoms with E-state index in [1.165, 1.54) is 0 Å². The van der Waals surface area contributed by atoms with Crippen LogP contribution in [0.3, 0.4) is 0 Å². The Bertz CT molecular complexity index is 512. The van der Waals surface area contributed by atoms with Gasteiger partial charge in [-0.25, -0.2) is 4.68 Å². The van der Waals surface area contributed by atoms with E-state index in [4.69, 9.17) is 22.1 Å². The summed E-state index contributed by atoms with van der Waals surface area (Å²) in [4.78, 5) is 0. The number of nitrogens with two attached hydrogens (primary N) is 1. The molecule has 6 heteroatoms. The zero-order valence-electron chi connectivity index (χ0n) is 9.43. The number of aromatic nitrogens is 3. The minimum atomic E-state index is 0.382. The Kier molecular flexibility index (Phi) is 3.61. The summed E-state index contributed by atoms with van der Waals surface area (Å²) < 4.78 is 6.97. The van der Waals surface area contributed by atoms with Gasteiger partial charge in [0.05, 0.1) is 25.5 Å². The summed E-state index contributed by atoms with van der Waals surface area (Å²) in [6, 6.07) is 5.47. The number of hydrogen-bond acceptors (Lipinski definition) is 4. The van der Waals surface area contributed by atoms with Gasteiger partial charge in [0.1, 0.15) is 5.75 Å². The van der Waals surface area contributed by atoms with Crippen LogP contribution in [-0.4, -0.2) is 22.1 Å². The number of hydrogen-bond donors (Lipinski definition) is 1. The fraction of sp³-hybridized carbons (Fsp3) is 0.273. The van der Waals surface area contributed by atoms with Gasteiger partial charge < -0.3 is 10.5 Å². The Hall–Kier alpha value is -1.59. The minimum absolute atomic E-state index is 0.382. The molecule has 0 aliphatic carbocycles. The third-order valence-electron chi connectivity index (χ3n) is 2.37. The zero-order valence-corrected chi connectivity index (χ0v) is 10.2. The first kappa shape index (κ1) is 11.9. The normalized spacial score (nSPS) is 10.5. The average molecular weight is 253 g/mol. The van der Waals surface area contributed by atoms with Crippen molar-refractivity contribution in [3.05, 3.63) is 40.7 Å². The molecule has 1 aromatic carbocycles. The second-order valence-corrected chi connectivity index (χ2v) is 4.00. The molecule has 2 aromatic rings. The van der Waals surface area contributed by atoms with Gasteiger partial charge >= 0.3 is 0 Å². The SMILES string of the molecule is COc1ccc(Cl)cc1Cn1cc(CN)nn1. The summed E-state index contributed by atoms with van der Waals surface area (Å²) in [5.41, 5.74) is 7.18. The maximum Gasteiger partial charge on any atom is 0.124 e. The maximum atomic E-state index is 5.95. The molecular formula is C11H13ClN4O. The first-order valence-corrected chi connectivity index (χ1v) is 5.52. The molecule has 1 aromatic heterocycles. The Morgan fingerprint density at radius 3 is 2.94 bits per heavy atom. The molecule has 0 saturated heterocycles. The lowest BCUT2D eigenvalue weighted by atomic mass is 10.2. The summed E-state index contributed by atoms with van der Waals surface area (Å²) in [5.74, 6) is 0.777. The van der Waals surface area contributed by atoms with E-state index in [2.05, 4.69) is 10.3 Å². The van der Waals surface area contributed by atoms with Crippen molar-refractivity contribution in [2.45, 2.75) is 13.1 Å². The number of methoxy groups -OCH3 is 1. The first-order chi connectivity index (χ1) is 8.22. The van der Waals surface area contributed by atoms with Crippen molar-refractivity contribution in [1.82, 2.24) is 15.0 Å². The van der Waals surface area contributed by atoms with E-state index >= 15 is 0 Å². The lowest BCUT2D eigenvalue weighted by Crippen LogP contribution is -2.02. The molecule has 90 valence electrons. The van der Waals surface area contributed by atoms with E-state index in [1.807, 2.05) is 12.1 Å². The summed E-state index contributed by atoms with van der Waals surface area (Å²) in [5, 5.41) is 8.56. The summed E-state index contributed by atoms with van der Waals surface area (Å²) >= 11 is 5.95. The molecule has 0 bridgehead atoms. The van der Waals surface area contributed by atoms with Crippen molar-refractivity contribution in [2.75, 3.05) is 7.11 Å². The topological polar surface area (TPSA) is 66.0 Å². The monoisotopic (exact) mass is 252 g/mol. The quantitative estimate of drug-likeness (QED) is 0.894. The van der Waals surface area contributed by atoms with Gasteiger partial charge in [-0.05, 0) is 18.2 Å². The van der Waals surface area contributed by atoms with Crippen LogP contribution < -0.4 is 10.5 Å². The molecule has 5 nitrogen and oxygen atoms in total. The third kappa shape index (κ3) is 2.75. The standard InChI is InChI=1S/C11H13ClN4O/c1-17-11-3-2-9(12)4-8(11)6-16-7-10(5-13)14-15-16/h2-4,7H,5-6,13H2,1H3. The van der Waals surface area contributed by atoms with Crippen molar-refractivity contribution >= 4 is 11.6 Å². The van der Waals surface area contributed by atoms with Crippen LogP contribution in [0.5, 0.6) is 5.75 Å². The summed E-state index contributed by atoms with van der Waals surface area (Å²) in [7, 11) is 1.62. The second kappa shape index (κ2) is 5.16. The molecule has 0 radical (unpaired) electrons. The molecule has 0 amide bonds. The summed E-state index contributed by atoms with van der Waals surface area (Å²) in [6.07, 6.45) is 1.81. The van der Waals surface area contributed by atoms with Crippen molar-refractivity contribution in [3.63, 3.8) is 0 Å². The van der Waals surface area contributed by atoms with Gasteiger partial charge in [-0.2, -0.15) is 0 Å². The van der Waals surface area contributed by atoms with Gasteiger partial charge in [0.15, 0.2) is 0 Å². The number of rotatable bonds is 4. The van der Waals surface area contributed by atoms with Crippen molar-refractivity contribution in [1.29, 1.82) is 0 Å². The van der Waals surface area contributed by atoms with E-state index in [0.29, 0.717) is 18.1 Å². The molecular weight excluding hydrogens is 240 g/mol. The molecule has 1 heterocycles. The molecule has 0 aliphatic heterocycles. The van der Waals surface area contributed by atoms with Crippen LogP contribution in [0.4, 0.5) is 0 Å². The number of nitrogens with zero attached hydrogens (tertiary/aromatic N) is 3. The first-order valence-electron chi connectivity index (χ1n) is 5.14. The molecule has 0 fully saturated rings. The van der Waals surface area contributed by atoms with Gasteiger partial charge in [-0.15, -0.1) is 5.10 Å². The molecule has 0 unspecified atom stereocenters. The molecule has 2 N–H and O–H groups in total. The molecule has 0 atom stereocenters. The van der Waals surface area contributed by atoms with Crippen LogP contribution >= 0.6 is 11.6 Å². The maximum absolute atomic E-state index is 5.95. The fourth-order valence-corrected chi connectivity index (χ4v) is 1.75. The van der Waals surface area contributed by atoms with Gasteiger partial charge in [0.25, 0.3) is 0 Å². The van der Waals surface area contributed by atoms with Crippen molar-refractivity contribution in [3.8, 4) is 5.75 Å². The minimum Gasteiger partial charge on any atom is -0.496 e. The van der Waals surface area contributed by atoms with E-state index < -0.39 is 0 Å². The highest BCUT2D eigenvalue weighted by Crippen LogP contribution is 2.23. The van der Waals surface area contributed by atoms with E-state index in [9.17, 15) is 0 Å². The fourth-order valence-electron chi connectivity index (χ4n) is 1.55. The van der Waals surface area contributed by atoms with Crippen LogP contribution in [0.2, 0.25) is 5.02 Å². The predicted octanol–water partition coefficient (Wildman–Crippen LogP) is 1.45. The molecule has 17 heavy (non-hydrogen) atoms. The Balaban J connectivity index is 2.25. The lowest BCUT2D eigenvalue weighted by molar-refractivity contribution is 0.407. The number of halogens is 1. The van der Waals surface area contributed by atoms with Gasteiger partial charge in [-0.3, -0.25) is 0 Å². The summed E-state index contributed by atoms with van der Waals surface area (Å²) in [6.45, 7) is 0.934. The van der Waals surface area contributed by atoms with Crippen LogP contribution in [0.1, 0.15) is 11.3 Å². The number of benzene rings is 1. The van der Waals surface area contributed by atoms with Gasteiger partial charge in [0.2, 0.25) is 0 Å². The third-order valence-corrected chi connectivity index (χ3v) is 2.61. The predicted molar refractivity (Wildman–Crippen MR) is 65.0 cm³/mol. The molecule has 0 aliphatic rings. The number of ether oxygens (including phenoxy) is 1. The highest BCUT2D eigenvalue weighted by Gasteiger charge is 2.06. The van der Waals surface area contributed by atoms with Crippen LogP contribution in [0.25, 0.3) is 0 Å². The largest absolute Gasteiger partial charge is 0.496 e. The van der Waals surface area contributed by atoms with E-state index in [-0.39, 0.29) is 0 Å². The molecule has 0 spiro atoms. The van der Waals surface area contributed by atoms with E-state index in [1.54, 1.807) is 24.1 Å². The lowest BCUT2D eigenvalue weighted by Gasteiger charge is -2.08. The highest BCUT2D eigenvalue weighted by atomic mass is 35.5. The average Bonchev–Trinajstić information content (AvgIpc) is 2.77. The van der Waals surface area contributed by atoms with E-state index in [0.717, 1.165) is 17.0 Å². The Labute approximate surface area is 104 Å². The van der Waals surface area contributed by atoms with Crippen molar-refractivity contribution in [2.24, 2.45) is 5.73 Å². The molecule has 2 rings (SSSR count). The second-order valence-electron chi connectivity index (χ2n) is 3.57. The highest BCUT2D eigenvalue weighted by molar-refractivity contribution is 6.30.